The Morgan fingerprint density at radius 2 is 2.23 bits per heavy atom. The quantitative estimate of drug-likeness (QED) is 0.388. The topological polar surface area (TPSA) is 89.9 Å². The third kappa shape index (κ3) is 7.44. The molecule has 0 aromatic heterocycles. The van der Waals surface area contributed by atoms with Crippen molar-refractivity contribution in [2.75, 3.05) is 6.61 Å². The third-order valence-corrected chi connectivity index (χ3v) is 1.48. The van der Waals surface area contributed by atoms with Crippen LogP contribution in [0, 0.1) is 0 Å². The molecule has 1 N–H and O–H groups in total. The maximum Gasteiger partial charge on any atom is 0.397 e. The summed E-state index contributed by atoms with van der Waals surface area (Å²) >= 11 is 0. The Morgan fingerprint density at radius 1 is 1.69 bits per heavy atom. The predicted molar refractivity (Wildman–Crippen MR) is 43.3 cm³/mol. The van der Waals surface area contributed by atoms with E-state index in [-0.39, 0.29) is 6.61 Å². The van der Waals surface area contributed by atoms with Crippen LogP contribution in [0.2, 0.25) is 0 Å². The van der Waals surface area contributed by atoms with E-state index in [1.807, 2.05) is 0 Å². The fourth-order valence-corrected chi connectivity index (χ4v) is 0.965. The lowest BCUT2D eigenvalue weighted by molar-refractivity contribution is -0.139. The average Bonchev–Trinajstić information content (AvgIpc) is 1.97. The highest BCUT2D eigenvalue weighted by Crippen LogP contribution is 1.97. The Kier molecular flexibility index (Phi) is 4.60. The smallest absolute Gasteiger partial charge is 0.397 e. The molecule has 0 radical (unpaired) electrons. The normalized spacial score (nSPS) is 13.4. The van der Waals surface area contributed by atoms with Crippen molar-refractivity contribution < 1.29 is 26.7 Å². The number of esters is 1. The molecule has 0 fully saturated rings. The highest BCUT2D eigenvalue weighted by atomic mass is 32.3. The Morgan fingerprint density at radius 3 is 2.62 bits per heavy atom. The minimum atomic E-state index is -4.50. The number of hydrogen-bond acceptors (Lipinski definition) is 5. The third-order valence-electron chi connectivity index (χ3n) is 0.913. The van der Waals surface area contributed by atoms with Crippen molar-refractivity contribution in [1.29, 1.82) is 0 Å². The maximum atomic E-state index is 10.5. The van der Waals surface area contributed by atoms with Crippen molar-refractivity contribution in [1.82, 2.24) is 0 Å². The van der Waals surface area contributed by atoms with E-state index in [2.05, 4.69) is 15.5 Å². The Labute approximate surface area is 76.1 Å². The molecule has 1 unspecified atom stereocenters. The summed E-state index contributed by atoms with van der Waals surface area (Å²) in [4.78, 5) is 10.5. The van der Waals surface area contributed by atoms with Crippen molar-refractivity contribution in [3.8, 4) is 0 Å². The molecule has 0 saturated carbocycles. The van der Waals surface area contributed by atoms with Gasteiger partial charge in [0, 0.05) is 6.08 Å². The average molecular weight is 210 g/mol. The first-order valence-corrected chi connectivity index (χ1v) is 4.66. The lowest BCUT2D eigenvalue weighted by Gasteiger charge is -2.08. The molecule has 76 valence electrons. The van der Waals surface area contributed by atoms with Gasteiger partial charge >= 0.3 is 16.4 Å². The van der Waals surface area contributed by atoms with Crippen LogP contribution in [0.15, 0.2) is 12.7 Å². The molecule has 0 spiro atoms. The maximum absolute atomic E-state index is 10.5. The van der Waals surface area contributed by atoms with E-state index >= 15 is 0 Å². The van der Waals surface area contributed by atoms with Gasteiger partial charge in [0.05, 0.1) is 0 Å². The second-order valence-corrected chi connectivity index (χ2v) is 3.22. The van der Waals surface area contributed by atoms with E-state index in [9.17, 15) is 13.2 Å². The monoisotopic (exact) mass is 210 g/mol. The van der Waals surface area contributed by atoms with Gasteiger partial charge in [0.1, 0.15) is 12.7 Å². The van der Waals surface area contributed by atoms with Gasteiger partial charge in [-0.15, -0.1) is 0 Å². The molecular formula is C6H10O6S. The fourth-order valence-electron chi connectivity index (χ4n) is 0.494. The van der Waals surface area contributed by atoms with Gasteiger partial charge in [-0.2, -0.15) is 8.42 Å². The largest absolute Gasteiger partial charge is 0.460 e. The zero-order chi connectivity index (χ0) is 10.5. The number of ether oxygens (including phenoxy) is 1. The Bertz CT molecular complexity index is 279. The summed E-state index contributed by atoms with van der Waals surface area (Å²) < 4.78 is 36.9. The molecule has 0 aliphatic carbocycles. The summed E-state index contributed by atoms with van der Waals surface area (Å²) in [5.74, 6) is -0.689. The second-order valence-electron chi connectivity index (χ2n) is 2.17. The molecule has 0 saturated heterocycles. The molecule has 0 rings (SSSR count). The van der Waals surface area contributed by atoms with Crippen molar-refractivity contribution in [3.63, 3.8) is 0 Å². The Balaban J connectivity index is 3.83. The van der Waals surface area contributed by atoms with Crippen LogP contribution >= 0.6 is 0 Å². The minimum absolute atomic E-state index is 0.273. The van der Waals surface area contributed by atoms with Crippen LogP contribution in [-0.4, -0.2) is 31.7 Å². The van der Waals surface area contributed by atoms with Gasteiger partial charge in [-0.1, -0.05) is 6.58 Å². The van der Waals surface area contributed by atoms with E-state index in [1.54, 1.807) is 0 Å². The number of carbonyl (C=O) groups is 1. The van der Waals surface area contributed by atoms with Crippen molar-refractivity contribution in [3.05, 3.63) is 12.7 Å². The zero-order valence-corrected chi connectivity index (χ0v) is 7.78. The minimum Gasteiger partial charge on any atom is -0.460 e. The van der Waals surface area contributed by atoms with Gasteiger partial charge in [-0.3, -0.25) is 4.55 Å². The van der Waals surface area contributed by atoms with Crippen LogP contribution in [0.4, 0.5) is 0 Å². The SMILES string of the molecule is C=CC(=O)OCC(C)OS(=O)(=O)O. The first kappa shape index (κ1) is 12.1. The number of carbonyl (C=O) groups excluding carboxylic acids is 1. The van der Waals surface area contributed by atoms with Gasteiger partial charge < -0.3 is 4.74 Å². The molecule has 0 amide bonds. The first-order chi connectivity index (χ1) is 5.85. The molecule has 0 heterocycles. The molecule has 0 aromatic carbocycles. The second kappa shape index (κ2) is 4.95. The van der Waals surface area contributed by atoms with Crippen molar-refractivity contribution in [2.45, 2.75) is 13.0 Å². The molecule has 13 heavy (non-hydrogen) atoms. The molecule has 0 bridgehead atoms. The summed E-state index contributed by atoms with van der Waals surface area (Å²) in [6.07, 6.45) is -0.000854. The number of hydrogen-bond donors (Lipinski definition) is 1. The lowest BCUT2D eigenvalue weighted by atomic mass is 10.4. The van der Waals surface area contributed by atoms with Crippen LogP contribution in [-0.2, 0) is 24.1 Å². The van der Waals surface area contributed by atoms with Gasteiger partial charge in [0.15, 0.2) is 0 Å². The molecule has 0 aliphatic rings. The number of rotatable bonds is 5. The van der Waals surface area contributed by atoms with Crippen LogP contribution in [0.1, 0.15) is 6.92 Å². The summed E-state index contributed by atoms with van der Waals surface area (Å²) in [6, 6.07) is 0. The standard InChI is InChI=1S/C6H10O6S/c1-3-6(7)11-4-5(2)12-13(8,9)10/h3,5H,1,4H2,2H3,(H,8,9,10). The summed E-state index contributed by atoms with van der Waals surface area (Å²) in [5.41, 5.74) is 0. The van der Waals surface area contributed by atoms with E-state index in [0.29, 0.717) is 0 Å². The molecule has 1 atom stereocenters. The van der Waals surface area contributed by atoms with Crippen LogP contribution in [0.3, 0.4) is 0 Å². The molecular weight excluding hydrogens is 200 g/mol. The highest BCUT2D eigenvalue weighted by molar-refractivity contribution is 7.80. The molecule has 7 heteroatoms. The van der Waals surface area contributed by atoms with Gasteiger partial charge in [0.25, 0.3) is 0 Å². The fraction of sp³-hybridized carbons (Fsp3) is 0.500. The summed E-state index contributed by atoms with van der Waals surface area (Å²) in [6.45, 7) is 4.18. The molecule has 6 nitrogen and oxygen atoms in total. The van der Waals surface area contributed by atoms with Crippen molar-refractivity contribution in [2.24, 2.45) is 0 Å². The summed E-state index contributed by atoms with van der Waals surface area (Å²) in [5, 5.41) is 0. The van der Waals surface area contributed by atoms with Crippen LogP contribution in [0.5, 0.6) is 0 Å². The van der Waals surface area contributed by atoms with E-state index in [4.69, 9.17) is 4.55 Å². The highest BCUT2D eigenvalue weighted by Gasteiger charge is 2.13. The Hall–Kier alpha value is -0.920. The first-order valence-electron chi connectivity index (χ1n) is 3.30. The zero-order valence-electron chi connectivity index (χ0n) is 6.97. The van der Waals surface area contributed by atoms with E-state index < -0.39 is 22.5 Å². The molecule has 0 aliphatic heterocycles. The predicted octanol–water partition coefficient (Wildman–Crippen LogP) is -0.0765. The van der Waals surface area contributed by atoms with Crippen molar-refractivity contribution >= 4 is 16.4 Å². The van der Waals surface area contributed by atoms with Gasteiger partial charge in [0.2, 0.25) is 0 Å². The lowest BCUT2D eigenvalue weighted by Crippen LogP contribution is -2.21. The van der Waals surface area contributed by atoms with E-state index in [0.717, 1.165) is 6.08 Å². The van der Waals surface area contributed by atoms with Gasteiger partial charge in [-0.25, -0.2) is 8.98 Å². The van der Waals surface area contributed by atoms with Crippen LogP contribution < -0.4 is 0 Å². The summed E-state index contributed by atoms with van der Waals surface area (Å²) in [7, 11) is -4.50. The van der Waals surface area contributed by atoms with Gasteiger partial charge in [-0.05, 0) is 6.92 Å². The van der Waals surface area contributed by atoms with E-state index in [1.165, 1.54) is 6.92 Å². The van der Waals surface area contributed by atoms with Crippen LogP contribution in [0.25, 0.3) is 0 Å². The molecule has 0 aromatic rings.